The molecule has 0 unspecified atom stereocenters. The van der Waals surface area contributed by atoms with Crippen LogP contribution in [0.3, 0.4) is 0 Å². The van der Waals surface area contributed by atoms with E-state index in [9.17, 15) is 0 Å². The minimum Gasteiger partial charge on any atom is -0.489 e. The van der Waals surface area contributed by atoms with E-state index in [-0.39, 0.29) is 5.41 Å². The Labute approximate surface area is 184 Å². The molecule has 1 aliphatic heterocycles. The molecular formula is C25H31N5O. The maximum Gasteiger partial charge on any atom is 0.138 e. The van der Waals surface area contributed by atoms with Crippen molar-refractivity contribution in [3.05, 3.63) is 77.5 Å². The van der Waals surface area contributed by atoms with Crippen molar-refractivity contribution in [2.45, 2.75) is 45.3 Å². The van der Waals surface area contributed by atoms with E-state index in [4.69, 9.17) is 14.7 Å². The number of nitrogens with zero attached hydrogens (tertiary/aromatic N) is 4. The Morgan fingerprint density at radius 3 is 2.84 bits per heavy atom. The molecule has 1 fully saturated rings. The molecule has 1 atom stereocenters. The summed E-state index contributed by atoms with van der Waals surface area (Å²) in [5, 5.41) is 3.16. The number of pyridine rings is 1. The highest BCUT2D eigenvalue weighted by Gasteiger charge is 2.35. The molecule has 1 N–H and O–H groups in total. The van der Waals surface area contributed by atoms with Gasteiger partial charge in [0.05, 0.1) is 0 Å². The van der Waals surface area contributed by atoms with Crippen molar-refractivity contribution in [3.63, 3.8) is 0 Å². The van der Waals surface area contributed by atoms with Crippen molar-refractivity contribution in [2.24, 2.45) is 0 Å². The third-order valence-corrected chi connectivity index (χ3v) is 5.91. The lowest BCUT2D eigenvalue weighted by molar-refractivity contribution is 0.142. The molecule has 0 amide bonds. The van der Waals surface area contributed by atoms with Crippen LogP contribution in [-0.4, -0.2) is 40.0 Å². The maximum atomic E-state index is 6.15. The average Bonchev–Trinajstić information content (AvgIpc) is 2.79. The van der Waals surface area contributed by atoms with Crippen molar-refractivity contribution in [3.8, 4) is 5.75 Å². The summed E-state index contributed by atoms with van der Waals surface area (Å²) in [4.78, 5) is 16.3. The summed E-state index contributed by atoms with van der Waals surface area (Å²) in [5.41, 5.74) is 3.21. The zero-order chi connectivity index (χ0) is 21.7. The van der Waals surface area contributed by atoms with E-state index >= 15 is 0 Å². The summed E-state index contributed by atoms with van der Waals surface area (Å²) in [6, 6.07) is 14.3. The summed E-state index contributed by atoms with van der Waals surface area (Å²) < 4.78 is 6.15. The number of anilines is 1. The predicted molar refractivity (Wildman–Crippen MR) is 123 cm³/mol. The summed E-state index contributed by atoms with van der Waals surface area (Å²) in [6.07, 6.45) is 5.85. The van der Waals surface area contributed by atoms with Crippen LogP contribution in [0.4, 0.5) is 5.82 Å². The van der Waals surface area contributed by atoms with Gasteiger partial charge in [-0.1, -0.05) is 31.2 Å². The number of hydrogen-bond acceptors (Lipinski definition) is 6. The smallest absolute Gasteiger partial charge is 0.138 e. The number of piperidine rings is 1. The van der Waals surface area contributed by atoms with Gasteiger partial charge in [-0.15, -0.1) is 0 Å². The number of aromatic nitrogens is 3. The van der Waals surface area contributed by atoms with Crippen LogP contribution < -0.4 is 10.1 Å². The second-order valence-corrected chi connectivity index (χ2v) is 8.60. The van der Waals surface area contributed by atoms with E-state index < -0.39 is 0 Å². The van der Waals surface area contributed by atoms with E-state index in [1.54, 1.807) is 6.20 Å². The van der Waals surface area contributed by atoms with Gasteiger partial charge in [0.2, 0.25) is 0 Å². The van der Waals surface area contributed by atoms with Crippen LogP contribution in [0.2, 0.25) is 0 Å². The van der Waals surface area contributed by atoms with Crippen LogP contribution in [0.25, 0.3) is 0 Å². The first-order chi connectivity index (χ1) is 15.1. The highest BCUT2D eigenvalue weighted by molar-refractivity contribution is 5.36. The average molecular weight is 418 g/mol. The maximum absolute atomic E-state index is 6.15. The lowest BCUT2D eigenvalue weighted by atomic mass is 9.80. The van der Waals surface area contributed by atoms with Crippen molar-refractivity contribution in [2.75, 3.05) is 25.5 Å². The lowest BCUT2D eigenvalue weighted by Crippen LogP contribution is -2.45. The third kappa shape index (κ3) is 5.20. The fourth-order valence-corrected chi connectivity index (χ4v) is 4.29. The molecule has 0 spiro atoms. The molecule has 6 heteroatoms. The van der Waals surface area contributed by atoms with Crippen molar-refractivity contribution >= 4 is 5.82 Å². The van der Waals surface area contributed by atoms with Crippen LogP contribution in [0.1, 0.15) is 42.4 Å². The van der Waals surface area contributed by atoms with Gasteiger partial charge in [0, 0.05) is 60.8 Å². The van der Waals surface area contributed by atoms with Gasteiger partial charge in [-0.05, 0) is 38.4 Å². The van der Waals surface area contributed by atoms with Gasteiger partial charge >= 0.3 is 0 Å². The van der Waals surface area contributed by atoms with Crippen LogP contribution in [0.5, 0.6) is 5.75 Å². The standard InChI is InChI=1S/C25H31N5O/c1-19-14-23(26-3)29-24(28-19)25(2)11-7-13-30(18-25)16-21-9-4-5-10-22(21)31-17-20-8-6-12-27-15-20/h4-6,8-10,12,14-15H,7,11,13,16-18H2,1-3H3,(H,26,28,29)/t25-/m1/s1. The Bertz CT molecular complexity index is 1010. The van der Waals surface area contributed by atoms with Crippen molar-refractivity contribution < 1.29 is 4.74 Å². The van der Waals surface area contributed by atoms with Crippen LogP contribution in [0, 0.1) is 6.92 Å². The van der Waals surface area contributed by atoms with Gasteiger partial charge in [-0.3, -0.25) is 9.88 Å². The second kappa shape index (κ2) is 9.43. The first kappa shape index (κ1) is 21.2. The number of ether oxygens (including phenoxy) is 1. The summed E-state index contributed by atoms with van der Waals surface area (Å²) in [6.45, 7) is 7.69. The monoisotopic (exact) mass is 417 g/mol. The molecule has 4 rings (SSSR count). The molecule has 2 aromatic heterocycles. The first-order valence-electron chi connectivity index (χ1n) is 10.9. The molecule has 3 aromatic rings. The molecule has 31 heavy (non-hydrogen) atoms. The van der Waals surface area contributed by atoms with E-state index in [2.05, 4.69) is 40.3 Å². The minimum absolute atomic E-state index is 0.0681. The molecule has 3 heterocycles. The molecule has 0 bridgehead atoms. The first-order valence-corrected chi connectivity index (χ1v) is 10.9. The molecule has 0 saturated carbocycles. The highest BCUT2D eigenvalue weighted by atomic mass is 16.5. The number of hydrogen-bond donors (Lipinski definition) is 1. The molecule has 162 valence electrons. The number of rotatable bonds is 7. The number of benzene rings is 1. The number of likely N-dealkylation sites (tertiary alicyclic amines) is 1. The van der Waals surface area contributed by atoms with E-state index in [0.29, 0.717) is 6.61 Å². The van der Waals surface area contributed by atoms with Gasteiger partial charge < -0.3 is 10.1 Å². The molecule has 6 nitrogen and oxygen atoms in total. The zero-order valence-corrected chi connectivity index (χ0v) is 18.6. The zero-order valence-electron chi connectivity index (χ0n) is 18.6. The Hall–Kier alpha value is -2.99. The van der Waals surface area contributed by atoms with Crippen molar-refractivity contribution in [1.29, 1.82) is 0 Å². The number of aryl methyl sites for hydroxylation is 1. The Balaban J connectivity index is 1.48. The van der Waals surface area contributed by atoms with E-state index in [0.717, 1.165) is 61.1 Å². The lowest BCUT2D eigenvalue weighted by Gasteiger charge is -2.39. The molecule has 0 radical (unpaired) electrons. The molecule has 1 saturated heterocycles. The molecular weight excluding hydrogens is 386 g/mol. The Kier molecular flexibility index (Phi) is 6.47. The van der Waals surface area contributed by atoms with Crippen LogP contribution in [-0.2, 0) is 18.6 Å². The van der Waals surface area contributed by atoms with Crippen LogP contribution in [0.15, 0.2) is 54.9 Å². The number of nitrogens with one attached hydrogen (secondary N) is 1. The molecule has 1 aromatic carbocycles. The number of para-hydroxylation sites is 1. The van der Waals surface area contributed by atoms with Gasteiger partial charge in [0.15, 0.2) is 0 Å². The summed E-state index contributed by atoms with van der Waals surface area (Å²) >= 11 is 0. The third-order valence-electron chi connectivity index (χ3n) is 5.91. The van der Waals surface area contributed by atoms with Gasteiger partial charge in [-0.25, -0.2) is 9.97 Å². The summed E-state index contributed by atoms with van der Waals surface area (Å²) in [5.74, 6) is 2.75. The predicted octanol–water partition coefficient (Wildman–Crippen LogP) is 4.35. The van der Waals surface area contributed by atoms with Gasteiger partial charge in [0.1, 0.15) is 24.0 Å². The van der Waals surface area contributed by atoms with E-state index in [1.807, 2.05) is 44.4 Å². The Morgan fingerprint density at radius 2 is 2.03 bits per heavy atom. The SMILES string of the molecule is CNc1cc(C)nc([C@]2(C)CCCN(Cc3ccccc3OCc3cccnc3)C2)n1. The largest absolute Gasteiger partial charge is 0.489 e. The van der Waals surface area contributed by atoms with Gasteiger partial charge in [-0.2, -0.15) is 0 Å². The Morgan fingerprint density at radius 1 is 1.16 bits per heavy atom. The summed E-state index contributed by atoms with van der Waals surface area (Å²) in [7, 11) is 1.91. The van der Waals surface area contributed by atoms with Gasteiger partial charge in [0.25, 0.3) is 0 Å². The second-order valence-electron chi connectivity index (χ2n) is 8.60. The van der Waals surface area contributed by atoms with Crippen molar-refractivity contribution in [1.82, 2.24) is 19.9 Å². The van der Waals surface area contributed by atoms with Crippen LogP contribution >= 0.6 is 0 Å². The fraction of sp³-hybridized carbons (Fsp3) is 0.400. The highest BCUT2D eigenvalue weighted by Crippen LogP contribution is 2.34. The normalized spacial score (nSPS) is 19.2. The fourth-order valence-electron chi connectivity index (χ4n) is 4.29. The quantitative estimate of drug-likeness (QED) is 0.616. The van der Waals surface area contributed by atoms with E-state index in [1.165, 1.54) is 5.56 Å². The molecule has 1 aliphatic rings. The minimum atomic E-state index is -0.0681. The molecule has 0 aliphatic carbocycles. The topological polar surface area (TPSA) is 63.2 Å².